The van der Waals surface area contributed by atoms with E-state index in [2.05, 4.69) is 5.32 Å². The molecule has 8 heteroatoms. The van der Waals surface area contributed by atoms with E-state index in [1.54, 1.807) is 18.2 Å². The van der Waals surface area contributed by atoms with Crippen LogP contribution in [0.25, 0.3) is 11.0 Å². The van der Waals surface area contributed by atoms with E-state index >= 15 is 0 Å². The number of carbonyl (C=O) groups is 1. The quantitative estimate of drug-likeness (QED) is 0.393. The van der Waals surface area contributed by atoms with Crippen LogP contribution in [0.3, 0.4) is 0 Å². The molecule has 4 aromatic rings. The van der Waals surface area contributed by atoms with Gasteiger partial charge in [0.05, 0.1) is 0 Å². The van der Waals surface area contributed by atoms with Crippen LogP contribution in [0, 0.1) is 0 Å². The van der Waals surface area contributed by atoms with Gasteiger partial charge in [-0.2, -0.15) is 4.31 Å². The monoisotopic (exact) mass is 490 g/mol. The average molecular weight is 491 g/mol. The minimum absolute atomic E-state index is 0.137. The number of benzene rings is 3. The van der Waals surface area contributed by atoms with Gasteiger partial charge in [0.1, 0.15) is 24.0 Å². The number of carbonyl (C=O) groups excluding carboxylic acids is 1. The van der Waals surface area contributed by atoms with Gasteiger partial charge in [-0.05, 0) is 42.2 Å². The topological polar surface area (TPSA) is 88.9 Å². The number of para-hydroxylation sites is 1. The van der Waals surface area contributed by atoms with Crippen molar-refractivity contribution in [3.8, 4) is 5.75 Å². The molecular weight excluding hydrogens is 464 g/mol. The maximum Gasteiger partial charge on any atom is 0.277 e. The van der Waals surface area contributed by atoms with E-state index in [1.165, 1.54) is 10.4 Å². The van der Waals surface area contributed by atoms with Crippen LogP contribution in [-0.4, -0.2) is 31.2 Å². The highest BCUT2D eigenvalue weighted by molar-refractivity contribution is 7.89. The van der Waals surface area contributed by atoms with Crippen molar-refractivity contribution in [3.63, 3.8) is 0 Å². The lowest BCUT2D eigenvalue weighted by atomic mass is 10.2. The number of furan rings is 1. The molecule has 1 amide bonds. The van der Waals surface area contributed by atoms with Gasteiger partial charge in [-0.15, -0.1) is 0 Å². The van der Waals surface area contributed by atoms with Crippen molar-refractivity contribution in [2.24, 2.45) is 0 Å². The fourth-order valence-corrected chi connectivity index (χ4v) is 5.89. The molecule has 1 atom stereocenters. The van der Waals surface area contributed by atoms with Gasteiger partial charge in [0.25, 0.3) is 10.0 Å². The van der Waals surface area contributed by atoms with Gasteiger partial charge in [0.2, 0.25) is 11.0 Å². The summed E-state index contributed by atoms with van der Waals surface area (Å²) in [5, 5.41) is 3.46. The summed E-state index contributed by atoms with van der Waals surface area (Å²) in [6, 6.07) is 25.3. The first-order valence-electron chi connectivity index (χ1n) is 11.5. The fourth-order valence-electron chi connectivity index (χ4n) is 4.28. The van der Waals surface area contributed by atoms with Gasteiger partial charge in [0, 0.05) is 24.5 Å². The normalized spacial score (nSPS) is 16.4. The molecule has 0 spiro atoms. The zero-order valence-electron chi connectivity index (χ0n) is 19.1. The molecule has 0 radical (unpaired) electrons. The summed E-state index contributed by atoms with van der Waals surface area (Å²) in [5.41, 5.74) is 2.44. The number of fused-ring (bicyclic) bond motifs is 1. The van der Waals surface area contributed by atoms with Crippen LogP contribution in [0.4, 0.5) is 0 Å². The number of nitrogens with zero attached hydrogens (tertiary/aromatic N) is 1. The van der Waals surface area contributed by atoms with E-state index in [0.717, 1.165) is 11.1 Å². The minimum Gasteiger partial charge on any atom is -0.489 e. The first-order chi connectivity index (χ1) is 17.0. The fraction of sp³-hybridized carbons (Fsp3) is 0.222. The van der Waals surface area contributed by atoms with E-state index in [9.17, 15) is 13.2 Å². The number of rotatable bonds is 8. The highest BCUT2D eigenvalue weighted by Crippen LogP contribution is 2.30. The maximum absolute atomic E-state index is 13.3. The van der Waals surface area contributed by atoms with E-state index in [-0.39, 0.29) is 24.1 Å². The lowest BCUT2D eigenvalue weighted by molar-refractivity contribution is -0.124. The predicted octanol–water partition coefficient (Wildman–Crippen LogP) is 4.48. The van der Waals surface area contributed by atoms with Crippen molar-refractivity contribution in [1.82, 2.24) is 9.62 Å². The summed E-state index contributed by atoms with van der Waals surface area (Å²) in [6.45, 7) is 1.00. The Bertz CT molecular complexity index is 1400. The highest BCUT2D eigenvalue weighted by atomic mass is 32.2. The van der Waals surface area contributed by atoms with Crippen LogP contribution < -0.4 is 10.1 Å². The summed E-state index contributed by atoms with van der Waals surface area (Å²) in [4.78, 5) is 13.0. The van der Waals surface area contributed by atoms with Crippen LogP contribution in [0.1, 0.15) is 24.0 Å². The molecule has 1 aliphatic heterocycles. The van der Waals surface area contributed by atoms with Crippen molar-refractivity contribution >= 4 is 26.9 Å². The summed E-state index contributed by atoms with van der Waals surface area (Å²) < 4.78 is 39.2. The lowest BCUT2D eigenvalue weighted by Gasteiger charge is -2.22. The number of sulfonamides is 1. The maximum atomic E-state index is 13.3. The Hall–Kier alpha value is -3.62. The molecule has 1 saturated heterocycles. The first kappa shape index (κ1) is 23.1. The Balaban J connectivity index is 1.23. The second-order valence-corrected chi connectivity index (χ2v) is 10.3. The molecule has 180 valence electrons. The van der Waals surface area contributed by atoms with Gasteiger partial charge < -0.3 is 14.5 Å². The average Bonchev–Trinajstić information content (AvgIpc) is 3.55. The van der Waals surface area contributed by atoms with Crippen molar-refractivity contribution in [2.75, 3.05) is 6.54 Å². The molecule has 0 aliphatic carbocycles. The van der Waals surface area contributed by atoms with E-state index in [1.807, 2.05) is 60.7 Å². The first-order valence-corrected chi connectivity index (χ1v) is 13.0. The van der Waals surface area contributed by atoms with Gasteiger partial charge in [-0.1, -0.05) is 60.7 Å². The molecular formula is C27H26N2O5S. The van der Waals surface area contributed by atoms with E-state index in [0.29, 0.717) is 36.2 Å². The molecule has 35 heavy (non-hydrogen) atoms. The summed E-state index contributed by atoms with van der Waals surface area (Å²) in [7, 11) is -3.93. The molecule has 3 aromatic carbocycles. The van der Waals surface area contributed by atoms with E-state index in [4.69, 9.17) is 9.15 Å². The molecule has 0 unspecified atom stereocenters. The highest BCUT2D eigenvalue weighted by Gasteiger charge is 2.41. The zero-order chi connectivity index (χ0) is 24.3. The van der Waals surface area contributed by atoms with Crippen LogP contribution in [0.2, 0.25) is 0 Å². The van der Waals surface area contributed by atoms with Crippen LogP contribution in [-0.2, 0) is 28.0 Å². The van der Waals surface area contributed by atoms with Crippen LogP contribution in [0.5, 0.6) is 5.75 Å². The Kier molecular flexibility index (Phi) is 6.57. The molecule has 7 nitrogen and oxygen atoms in total. The Labute approximate surface area is 204 Å². The number of hydrogen-bond donors (Lipinski definition) is 1. The Morgan fingerprint density at radius 2 is 1.74 bits per heavy atom. The second kappa shape index (κ2) is 9.93. The third-order valence-corrected chi connectivity index (χ3v) is 7.85. The molecule has 2 heterocycles. The standard InChI is InChI=1S/C27H26N2O5S/c30-27(28-18-21-10-6-12-23(16-21)33-19-20-8-2-1-3-9-20)24-13-7-15-29(24)35(31,32)26-17-22-11-4-5-14-25(22)34-26/h1-6,8-12,14,16-17,24H,7,13,15,18-19H2,(H,28,30)/t24-/m0/s1. The molecule has 1 fully saturated rings. The number of hydrogen-bond acceptors (Lipinski definition) is 5. The van der Waals surface area contributed by atoms with Crippen molar-refractivity contribution in [2.45, 2.75) is 37.1 Å². The summed E-state index contributed by atoms with van der Waals surface area (Å²) in [5.74, 6) is 0.383. The van der Waals surface area contributed by atoms with Crippen molar-refractivity contribution in [1.29, 1.82) is 0 Å². The van der Waals surface area contributed by atoms with Crippen molar-refractivity contribution < 1.29 is 22.4 Å². The molecule has 0 bridgehead atoms. The minimum atomic E-state index is -3.93. The van der Waals surface area contributed by atoms with Crippen LogP contribution in [0.15, 0.2) is 94.4 Å². The summed E-state index contributed by atoms with van der Waals surface area (Å²) >= 11 is 0. The number of amides is 1. The molecule has 1 N–H and O–H groups in total. The van der Waals surface area contributed by atoms with Crippen molar-refractivity contribution in [3.05, 3.63) is 96.1 Å². The number of ether oxygens (including phenoxy) is 1. The Morgan fingerprint density at radius 1 is 0.971 bits per heavy atom. The SMILES string of the molecule is O=C(NCc1cccc(OCc2ccccc2)c1)[C@@H]1CCCN1S(=O)(=O)c1cc2ccccc2o1. The third-order valence-electron chi connectivity index (χ3n) is 6.09. The Morgan fingerprint density at radius 3 is 2.57 bits per heavy atom. The zero-order valence-corrected chi connectivity index (χ0v) is 19.9. The molecule has 1 aromatic heterocycles. The third kappa shape index (κ3) is 5.08. The van der Waals surface area contributed by atoms with Gasteiger partial charge >= 0.3 is 0 Å². The van der Waals surface area contributed by atoms with Gasteiger partial charge in [-0.3, -0.25) is 4.79 Å². The van der Waals surface area contributed by atoms with Crippen LogP contribution >= 0.6 is 0 Å². The number of nitrogens with one attached hydrogen (secondary N) is 1. The molecule has 1 aliphatic rings. The smallest absolute Gasteiger partial charge is 0.277 e. The van der Waals surface area contributed by atoms with Gasteiger partial charge in [-0.25, -0.2) is 8.42 Å². The summed E-state index contributed by atoms with van der Waals surface area (Å²) in [6.07, 6.45) is 1.08. The lowest BCUT2D eigenvalue weighted by Crippen LogP contribution is -2.45. The predicted molar refractivity (Wildman–Crippen MR) is 132 cm³/mol. The largest absolute Gasteiger partial charge is 0.489 e. The molecule has 5 rings (SSSR count). The molecule has 0 saturated carbocycles. The second-order valence-electron chi connectivity index (χ2n) is 8.52. The van der Waals surface area contributed by atoms with Gasteiger partial charge in [0.15, 0.2) is 0 Å². The van der Waals surface area contributed by atoms with E-state index < -0.39 is 16.1 Å².